The third-order valence-electron chi connectivity index (χ3n) is 6.21. The highest BCUT2D eigenvalue weighted by Gasteiger charge is 2.35. The SMILES string of the molecule is C[C@H]1Cc2nc(-c3cc(Cl)ccc3-n3cnnn3)cc(=O)n2[C@@H]1c1ncc(-c2ccc(N)nc2F)[nH]1. The van der Waals surface area contributed by atoms with E-state index in [0.717, 1.165) is 0 Å². The molecule has 11 nitrogen and oxygen atoms in total. The van der Waals surface area contributed by atoms with Crippen molar-refractivity contribution < 1.29 is 4.39 Å². The van der Waals surface area contributed by atoms with Gasteiger partial charge in [0.15, 0.2) is 0 Å². The van der Waals surface area contributed by atoms with Gasteiger partial charge >= 0.3 is 0 Å². The van der Waals surface area contributed by atoms with Crippen molar-refractivity contribution in [2.75, 3.05) is 5.73 Å². The lowest BCUT2D eigenvalue weighted by Crippen LogP contribution is -2.26. The number of nitrogen functional groups attached to an aromatic ring is 1. The Morgan fingerprint density at radius 1 is 1.17 bits per heavy atom. The molecule has 1 aliphatic rings. The predicted molar refractivity (Wildman–Crippen MR) is 129 cm³/mol. The van der Waals surface area contributed by atoms with Crippen molar-refractivity contribution in [1.29, 1.82) is 0 Å². The van der Waals surface area contributed by atoms with Gasteiger partial charge in [0.2, 0.25) is 5.95 Å². The first-order valence-electron chi connectivity index (χ1n) is 11.0. The smallest absolute Gasteiger partial charge is 0.254 e. The van der Waals surface area contributed by atoms with Crippen LogP contribution in [0.4, 0.5) is 10.2 Å². The summed E-state index contributed by atoms with van der Waals surface area (Å²) in [7, 11) is 0. The van der Waals surface area contributed by atoms with E-state index in [9.17, 15) is 9.18 Å². The molecule has 0 spiro atoms. The highest BCUT2D eigenvalue weighted by atomic mass is 35.5. The standard InChI is InChI=1S/C23H18ClFN10O/c1-11-6-19-29-15(14-7-12(24)2-4-17(14)34-10-28-32-33-34)8-20(36)35(19)21(11)23-27-9-16(30-23)13-3-5-18(26)31-22(13)25/h2-5,7-11,21H,6H2,1H3,(H2,26,31)(H,27,30)/t11-,21-/m0/s1. The van der Waals surface area contributed by atoms with Crippen LogP contribution in [0.1, 0.15) is 24.6 Å². The van der Waals surface area contributed by atoms with E-state index in [2.05, 4.69) is 30.5 Å². The van der Waals surface area contributed by atoms with Crippen molar-refractivity contribution in [2.24, 2.45) is 5.92 Å². The number of halogens is 2. The van der Waals surface area contributed by atoms with Crippen LogP contribution < -0.4 is 11.3 Å². The fourth-order valence-corrected chi connectivity index (χ4v) is 4.79. The zero-order valence-corrected chi connectivity index (χ0v) is 19.6. The maximum absolute atomic E-state index is 14.3. The Bertz CT molecular complexity index is 1660. The molecule has 0 saturated heterocycles. The molecule has 180 valence electrons. The second-order valence-electron chi connectivity index (χ2n) is 8.56. The molecular weight excluding hydrogens is 487 g/mol. The molecule has 1 aliphatic heterocycles. The predicted octanol–water partition coefficient (Wildman–Crippen LogP) is 2.83. The van der Waals surface area contributed by atoms with Crippen molar-refractivity contribution in [3.63, 3.8) is 0 Å². The van der Waals surface area contributed by atoms with Gasteiger partial charge in [-0.3, -0.25) is 9.36 Å². The lowest BCUT2D eigenvalue weighted by molar-refractivity contribution is 0.449. The van der Waals surface area contributed by atoms with Crippen molar-refractivity contribution in [1.82, 2.24) is 44.7 Å². The number of hydrogen-bond acceptors (Lipinski definition) is 8. The van der Waals surface area contributed by atoms with Gasteiger partial charge in [-0.15, -0.1) is 5.10 Å². The molecule has 3 N–H and O–H groups in total. The second-order valence-corrected chi connectivity index (χ2v) is 9.00. The van der Waals surface area contributed by atoms with Gasteiger partial charge in [0, 0.05) is 23.1 Å². The van der Waals surface area contributed by atoms with Crippen LogP contribution in [0.3, 0.4) is 0 Å². The molecular formula is C23H18ClFN10O. The molecule has 1 aromatic carbocycles. The zero-order chi connectivity index (χ0) is 25.0. The van der Waals surface area contributed by atoms with Crippen molar-refractivity contribution in [3.8, 4) is 28.2 Å². The molecule has 0 fully saturated rings. The molecule has 0 saturated carbocycles. The largest absolute Gasteiger partial charge is 0.384 e. The molecule has 4 aromatic heterocycles. The number of pyridine rings is 1. The number of H-pyrrole nitrogens is 1. The van der Waals surface area contributed by atoms with Crippen LogP contribution in [-0.2, 0) is 6.42 Å². The maximum atomic E-state index is 14.3. The van der Waals surface area contributed by atoms with Crippen LogP contribution in [-0.4, -0.2) is 44.7 Å². The van der Waals surface area contributed by atoms with Crippen LogP contribution in [0, 0.1) is 11.9 Å². The van der Waals surface area contributed by atoms with Gasteiger partial charge in [0.25, 0.3) is 5.56 Å². The first kappa shape index (κ1) is 22.0. The minimum absolute atomic E-state index is 0.00665. The number of tetrazole rings is 1. The van der Waals surface area contributed by atoms with E-state index >= 15 is 0 Å². The Balaban J connectivity index is 1.42. The highest BCUT2D eigenvalue weighted by Crippen LogP contribution is 2.36. The Kier molecular flexibility index (Phi) is 5.11. The Morgan fingerprint density at radius 2 is 2.03 bits per heavy atom. The third kappa shape index (κ3) is 3.62. The number of aromatic amines is 1. The van der Waals surface area contributed by atoms with Crippen LogP contribution in [0.15, 0.2) is 53.7 Å². The van der Waals surface area contributed by atoms with Gasteiger partial charge in [-0.1, -0.05) is 18.5 Å². The number of rotatable bonds is 4. The number of hydrogen-bond donors (Lipinski definition) is 2. The van der Waals surface area contributed by atoms with E-state index in [1.54, 1.807) is 22.8 Å². The van der Waals surface area contributed by atoms with E-state index in [1.165, 1.54) is 35.4 Å². The van der Waals surface area contributed by atoms with E-state index in [0.29, 0.717) is 45.7 Å². The quantitative estimate of drug-likeness (QED) is 0.355. The zero-order valence-electron chi connectivity index (χ0n) is 18.8. The Morgan fingerprint density at radius 3 is 2.81 bits per heavy atom. The van der Waals surface area contributed by atoms with Gasteiger partial charge in [-0.05, 0) is 46.7 Å². The average molecular weight is 505 g/mol. The summed E-state index contributed by atoms with van der Waals surface area (Å²) in [5, 5.41) is 11.8. The number of nitrogens with two attached hydrogens (primary N) is 1. The minimum Gasteiger partial charge on any atom is -0.384 e. The second kappa shape index (κ2) is 8.34. The number of fused-ring (bicyclic) bond motifs is 1. The van der Waals surface area contributed by atoms with Crippen LogP contribution >= 0.6 is 11.6 Å². The molecule has 0 amide bonds. The van der Waals surface area contributed by atoms with Crippen molar-refractivity contribution in [3.05, 3.63) is 81.9 Å². The number of imidazole rings is 1. The number of nitrogens with zero attached hydrogens (tertiary/aromatic N) is 8. The van der Waals surface area contributed by atoms with Crippen LogP contribution in [0.5, 0.6) is 0 Å². The summed E-state index contributed by atoms with van der Waals surface area (Å²) in [6.45, 7) is 2.01. The first-order valence-corrected chi connectivity index (χ1v) is 11.4. The summed E-state index contributed by atoms with van der Waals surface area (Å²) in [5.41, 5.74) is 7.72. The number of nitrogens with one attached hydrogen (secondary N) is 1. The van der Waals surface area contributed by atoms with Gasteiger partial charge in [0.05, 0.1) is 34.9 Å². The summed E-state index contributed by atoms with van der Waals surface area (Å²) in [6.07, 6.45) is 3.52. The van der Waals surface area contributed by atoms with E-state index in [4.69, 9.17) is 22.3 Å². The minimum atomic E-state index is -0.701. The molecule has 0 aliphatic carbocycles. The van der Waals surface area contributed by atoms with Crippen LogP contribution in [0.2, 0.25) is 5.02 Å². The lowest BCUT2D eigenvalue weighted by Gasteiger charge is -2.16. The summed E-state index contributed by atoms with van der Waals surface area (Å²) in [4.78, 5) is 29.5. The maximum Gasteiger partial charge on any atom is 0.254 e. The summed E-state index contributed by atoms with van der Waals surface area (Å²) in [6, 6.07) is 9.32. The Hall–Kier alpha value is -4.45. The van der Waals surface area contributed by atoms with Gasteiger partial charge in [-0.2, -0.15) is 9.07 Å². The van der Waals surface area contributed by atoms with Gasteiger partial charge in [-0.25, -0.2) is 15.0 Å². The van der Waals surface area contributed by atoms with Crippen LogP contribution in [0.25, 0.3) is 28.2 Å². The summed E-state index contributed by atoms with van der Waals surface area (Å²) in [5.74, 6) is 0.531. The summed E-state index contributed by atoms with van der Waals surface area (Å²) < 4.78 is 17.4. The first-order chi connectivity index (χ1) is 17.4. The topological polar surface area (TPSA) is 146 Å². The van der Waals surface area contributed by atoms with Crippen molar-refractivity contribution in [2.45, 2.75) is 19.4 Å². The molecule has 13 heteroatoms. The van der Waals surface area contributed by atoms with E-state index < -0.39 is 12.0 Å². The number of aromatic nitrogens is 9. The molecule has 0 radical (unpaired) electrons. The van der Waals surface area contributed by atoms with Gasteiger partial charge < -0.3 is 10.7 Å². The fourth-order valence-electron chi connectivity index (χ4n) is 4.62. The molecule has 0 bridgehead atoms. The summed E-state index contributed by atoms with van der Waals surface area (Å²) >= 11 is 6.26. The normalized spacial score (nSPS) is 16.9. The van der Waals surface area contributed by atoms with E-state index in [-0.39, 0.29) is 22.9 Å². The monoisotopic (exact) mass is 504 g/mol. The van der Waals surface area contributed by atoms with Crippen molar-refractivity contribution >= 4 is 17.4 Å². The molecule has 6 rings (SSSR count). The highest BCUT2D eigenvalue weighted by molar-refractivity contribution is 6.31. The fraction of sp³-hybridized carbons (Fsp3) is 0.174. The molecule has 36 heavy (non-hydrogen) atoms. The lowest BCUT2D eigenvalue weighted by atomic mass is 10.0. The van der Waals surface area contributed by atoms with E-state index in [1.807, 2.05) is 6.92 Å². The average Bonchev–Trinajstić information content (AvgIpc) is 3.59. The Labute approximate surface area is 207 Å². The number of benzene rings is 1. The molecule has 2 atom stereocenters. The molecule has 0 unspecified atom stereocenters. The molecule has 5 heterocycles. The number of anilines is 1. The third-order valence-corrected chi connectivity index (χ3v) is 6.45. The molecule has 5 aromatic rings. The van der Waals surface area contributed by atoms with Gasteiger partial charge in [0.1, 0.15) is 23.8 Å².